The van der Waals surface area contributed by atoms with E-state index in [-0.39, 0.29) is 5.75 Å². The minimum absolute atomic E-state index is 0.0757. The highest BCUT2D eigenvalue weighted by molar-refractivity contribution is 6.01. The SMILES string of the molecule is CCCCCCCCCCCCN1c2ccccc2C(=O)N(O)C1c1ccccc1O. The van der Waals surface area contributed by atoms with E-state index in [0.717, 1.165) is 23.6 Å². The van der Waals surface area contributed by atoms with Gasteiger partial charge < -0.3 is 10.0 Å². The van der Waals surface area contributed by atoms with Crippen molar-refractivity contribution in [2.45, 2.75) is 77.3 Å². The van der Waals surface area contributed by atoms with Crippen LogP contribution in [0.3, 0.4) is 0 Å². The van der Waals surface area contributed by atoms with Gasteiger partial charge in [0.15, 0.2) is 6.17 Å². The predicted octanol–water partition coefficient (Wildman–Crippen LogP) is 6.66. The number of hydroxylamine groups is 2. The Kier molecular flexibility index (Phi) is 8.77. The van der Waals surface area contributed by atoms with Crippen LogP contribution >= 0.6 is 0 Å². The van der Waals surface area contributed by atoms with Gasteiger partial charge in [-0.3, -0.25) is 10.0 Å². The molecule has 2 aromatic rings. The zero-order valence-corrected chi connectivity index (χ0v) is 18.7. The molecule has 5 heteroatoms. The summed E-state index contributed by atoms with van der Waals surface area (Å²) in [5, 5.41) is 21.9. The lowest BCUT2D eigenvalue weighted by molar-refractivity contribution is -0.0941. The largest absolute Gasteiger partial charge is 0.508 e. The minimum atomic E-state index is -0.734. The molecule has 0 bridgehead atoms. The average molecular weight is 425 g/mol. The maximum absolute atomic E-state index is 12.8. The van der Waals surface area contributed by atoms with Crippen molar-refractivity contribution in [3.05, 3.63) is 59.7 Å². The Morgan fingerprint density at radius 1 is 0.806 bits per heavy atom. The Balaban J connectivity index is 1.62. The van der Waals surface area contributed by atoms with E-state index in [1.165, 1.54) is 51.4 Å². The van der Waals surface area contributed by atoms with E-state index in [0.29, 0.717) is 17.7 Å². The number of carbonyl (C=O) groups is 1. The quantitative estimate of drug-likeness (QED) is 0.295. The van der Waals surface area contributed by atoms with Gasteiger partial charge in [0.25, 0.3) is 5.91 Å². The number of anilines is 1. The molecule has 1 unspecified atom stereocenters. The van der Waals surface area contributed by atoms with Crippen LogP contribution in [0.1, 0.15) is 93.2 Å². The van der Waals surface area contributed by atoms with Crippen LogP contribution in [0.5, 0.6) is 5.75 Å². The molecule has 1 heterocycles. The van der Waals surface area contributed by atoms with E-state index in [2.05, 4.69) is 6.92 Å². The molecule has 0 spiro atoms. The molecule has 1 amide bonds. The fourth-order valence-electron chi connectivity index (χ4n) is 4.42. The number of aromatic hydroxyl groups is 1. The Labute approximate surface area is 186 Å². The Morgan fingerprint density at radius 3 is 2.06 bits per heavy atom. The topological polar surface area (TPSA) is 64.0 Å². The van der Waals surface area contributed by atoms with Crippen molar-refractivity contribution >= 4 is 11.6 Å². The summed E-state index contributed by atoms with van der Waals surface area (Å²) in [6, 6.07) is 14.3. The molecule has 3 rings (SSSR count). The van der Waals surface area contributed by atoms with Crippen LogP contribution in [0.4, 0.5) is 5.69 Å². The molecule has 2 N–H and O–H groups in total. The zero-order valence-electron chi connectivity index (χ0n) is 18.7. The fraction of sp³-hybridized carbons (Fsp3) is 0.500. The van der Waals surface area contributed by atoms with E-state index < -0.39 is 12.1 Å². The highest BCUT2D eigenvalue weighted by atomic mass is 16.5. The highest BCUT2D eigenvalue weighted by Crippen LogP contribution is 2.40. The van der Waals surface area contributed by atoms with Crippen molar-refractivity contribution in [3.63, 3.8) is 0 Å². The first-order chi connectivity index (χ1) is 15.1. The van der Waals surface area contributed by atoms with Gasteiger partial charge >= 0.3 is 0 Å². The smallest absolute Gasteiger partial charge is 0.281 e. The average Bonchev–Trinajstić information content (AvgIpc) is 2.79. The molecule has 0 saturated carbocycles. The third-order valence-electron chi connectivity index (χ3n) is 6.15. The zero-order chi connectivity index (χ0) is 22.1. The number of hydrogen-bond acceptors (Lipinski definition) is 4. The summed E-state index contributed by atoms with van der Waals surface area (Å²) < 4.78 is 0. The summed E-state index contributed by atoms with van der Waals surface area (Å²) in [7, 11) is 0. The van der Waals surface area contributed by atoms with Gasteiger partial charge in [0.1, 0.15) is 5.75 Å². The number of hydrogen-bond donors (Lipinski definition) is 2. The summed E-state index contributed by atoms with van der Waals surface area (Å²) in [5.74, 6) is -0.366. The molecule has 0 fully saturated rings. The molecule has 2 aromatic carbocycles. The molecule has 1 aliphatic heterocycles. The number of unbranched alkanes of at least 4 members (excludes halogenated alkanes) is 9. The minimum Gasteiger partial charge on any atom is -0.508 e. The van der Waals surface area contributed by atoms with Crippen molar-refractivity contribution in [2.24, 2.45) is 0 Å². The third kappa shape index (κ3) is 5.79. The van der Waals surface area contributed by atoms with E-state index in [1.807, 2.05) is 29.2 Å². The van der Waals surface area contributed by atoms with Crippen LogP contribution in [0, 0.1) is 0 Å². The molecule has 0 aromatic heterocycles. The van der Waals surface area contributed by atoms with Gasteiger partial charge in [0, 0.05) is 12.1 Å². The predicted molar refractivity (Wildman–Crippen MR) is 124 cm³/mol. The summed E-state index contributed by atoms with van der Waals surface area (Å²) in [6.45, 7) is 2.95. The maximum Gasteiger partial charge on any atom is 0.281 e. The van der Waals surface area contributed by atoms with Gasteiger partial charge in [-0.05, 0) is 24.6 Å². The molecule has 1 atom stereocenters. The number of phenols is 1. The number of carbonyl (C=O) groups excluding carboxylic acids is 1. The molecule has 0 saturated heterocycles. The van der Waals surface area contributed by atoms with Crippen LogP contribution < -0.4 is 4.90 Å². The first kappa shape index (κ1) is 23.1. The molecular weight excluding hydrogens is 388 g/mol. The van der Waals surface area contributed by atoms with Crippen molar-refractivity contribution in [3.8, 4) is 5.75 Å². The van der Waals surface area contributed by atoms with Crippen LogP contribution in [-0.2, 0) is 0 Å². The number of fused-ring (bicyclic) bond motifs is 1. The van der Waals surface area contributed by atoms with Gasteiger partial charge in [-0.25, -0.2) is 0 Å². The summed E-state index contributed by atoms with van der Waals surface area (Å²) >= 11 is 0. The van der Waals surface area contributed by atoms with E-state index in [4.69, 9.17) is 0 Å². The second-order valence-corrected chi connectivity index (χ2v) is 8.47. The Bertz CT molecular complexity index is 839. The number of para-hydroxylation sites is 2. The van der Waals surface area contributed by atoms with E-state index >= 15 is 0 Å². The van der Waals surface area contributed by atoms with Crippen LogP contribution in [0.2, 0.25) is 0 Å². The maximum atomic E-state index is 12.8. The van der Waals surface area contributed by atoms with Gasteiger partial charge in [-0.15, -0.1) is 0 Å². The summed E-state index contributed by atoms with van der Waals surface area (Å²) in [6.07, 6.45) is 11.8. The highest BCUT2D eigenvalue weighted by Gasteiger charge is 2.38. The number of benzene rings is 2. The van der Waals surface area contributed by atoms with Crippen LogP contribution in [-0.4, -0.2) is 27.8 Å². The van der Waals surface area contributed by atoms with E-state index in [9.17, 15) is 15.1 Å². The van der Waals surface area contributed by atoms with Gasteiger partial charge in [0.05, 0.1) is 11.3 Å². The number of amides is 1. The normalized spacial score (nSPS) is 15.9. The molecule has 0 aliphatic carbocycles. The fourth-order valence-corrected chi connectivity index (χ4v) is 4.42. The lowest BCUT2D eigenvalue weighted by Gasteiger charge is -2.42. The lowest BCUT2D eigenvalue weighted by Crippen LogP contribution is -2.48. The Morgan fingerprint density at radius 2 is 1.39 bits per heavy atom. The number of rotatable bonds is 12. The molecular formula is C26H36N2O3. The van der Waals surface area contributed by atoms with Gasteiger partial charge in [-0.2, -0.15) is 5.06 Å². The van der Waals surface area contributed by atoms with Crippen molar-refractivity contribution < 1.29 is 15.1 Å². The first-order valence-corrected chi connectivity index (χ1v) is 11.8. The van der Waals surface area contributed by atoms with E-state index in [1.54, 1.807) is 24.3 Å². The standard InChI is InChI=1S/C26H36N2O3/c1-2-3-4-5-6-7-8-9-10-15-20-27-23-18-13-11-16-21(23)26(30)28(31)25(27)22-17-12-14-19-24(22)29/h11-14,16-19,25,29,31H,2-10,15,20H2,1H3. The first-order valence-electron chi connectivity index (χ1n) is 11.8. The third-order valence-corrected chi connectivity index (χ3v) is 6.15. The summed E-state index contributed by atoms with van der Waals surface area (Å²) in [4.78, 5) is 14.8. The molecule has 1 aliphatic rings. The monoisotopic (exact) mass is 424 g/mol. The molecule has 5 nitrogen and oxygen atoms in total. The van der Waals surface area contributed by atoms with Gasteiger partial charge in [0.2, 0.25) is 0 Å². The van der Waals surface area contributed by atoms with Gasteiger partial charge in [-0.1, -0.05) is 95.0 Å². The second-order valence-electron chi connectivity index (χ2n) is 8.47. The molecule has 0 radical (unpaired) electrons. The van der Waals surface area contributed by atoms with Crippen molar-refractivity contribution in [2.75, 3.05) is 11.4 Å². The van der Waals surface area contributed by atoms with Crippen LogP contribution in [0.15, 0.2) is 48.5 Å². The van der Waals surface area contributed by atoms with Crippen molar-refractivity contribution in [1.82, 2.24) is 5.06 Å². The number of phenolic OH excluding ortho intramolecular Hbond substituents is 1. The van der Waals surface area contributed by atoms with Crippen molar-refractivity contribution in [1.29, 1.82) is 0 Å². The molecule has 168 valence electrons. The lowest BCUT2D eigenvalue weighted by atomic mass is 10.0. The molecule has 31 heavy (non-hydrogen) atoms. The summed E-state index contributed by atoms with van der Waals surface area (Å²) in [5.41, 5.74) is 1.82. The second kappa shape index (κ2) is 11.8. The Hall–Kier alpha value is -2.53. The number of nitrogens with zero attached hydrogens (tertiary/aromatic N) is 2. The van der Waals surface area contributed by atoms with Crippen LogP contribution in [0.25, 0.3) is 0 Å².